The second-order valence-electron chi connectivity index (χ2n) is 4.56. The molecule has 1 aromatic rings. The fraction of sp³-hybridized carbons (Fsp3) is 0.533. The lowest BCUT2D eigenvalue weighted by Gasteiger charge is -2.29. The Morgan fingerprint density at radius 2 is 2.00 bits per heavy atom. The quantitative estimate of drug-likeness (QED) is 0.804. The summed E-state index contributed by atoms with van der Waals surface area (Å²) < 4.78 is 0. The molecule has 1 amide bonds. The highest BCUT2D eigenvalue weighted by atomic mass is 16.2. The third kappa shape index (κ3) is 4.15. The first-order valence-corrected chi connectivity index (χ1v) is 6.69. The molecule has 0 aliphatic carbocycles. The van der Waals surface area contributed by atoms with Crippen molar-refractivity contribution >= 4 is 5.91 Å². The van der Waals surface area contributed by atoms with Gasteiger partial charge in [0.1, 0.15) is 0 Å². The molecule has 100 valence electrons. The normalized spacial score (nSPS) is 12.2. The molecule has 1 N–H and O–H groups in total. The number of amides is 1. The fourth-order valence-corrected chi connectivity index (χ4v) is 2.03. The van der Waals surface area contributed by atoms with Crippen molar-refractivity contribution in [2.24, 2.45) is 0 Å². The Labute approximate surface area is 110 Å². The van der Waals surface area contributed by atoms with Gasteiger partial charge in [-0.05, 0) is 26.0 Å². The first-order chi connectivity index (χ1) is 8.70. The molecule has 0 spiro atoms. The maximum atomic E-state index is 12.1. The third-order valence-corrected chi connectivity index (χ3v) is 3.15. The van der Waals surface area contributed by atoms with Gasteiger partial charge >= 0.3 is 0 Å². The number of nitrogens with zero attached hydrogens (tertiary/aromatic N) is 1. The molecule has 1 atom stereocenters. The number of hydrogen-bond donors (Lipinski definition) is 1. The lowest BCUT2D eigenvalue weighted by atomic mass is 10.1. The molecule has 0 saturated heterocycles. The minimum Gasteiger partial charge on any atom is -0.335 e. The Morgan fingerprint density at radius 1 is 1.33 bits per heavy atom. The summed E-state index contributed by atoms with van der Waals surface area (Å²) in [6, 6.07) is 10.3. The lowest BCUT2D eigenvalue weighted by Crippen LogP contribution is -2.39. The largest absolute Gasteiger partial charge is 0.335 e. The van der Waals surface area contributed by atoms with E-state index in [9.17, 15) is 4.79 Å². The molecule has 0 aliphatic heterocycles. The van der Waals surface area contributed by atoms with Crippen molar-refractivity contribution in [2.45, 2.75) is 32.7 Å². The fourth-order valence-electron chi connectivity index (χ4n) is 2.03. The molecule has 3 nitrogen and oxygen atoms in total. The van der Waals surface area contributed by atoms with Crippen molar-refractivity contribution in [1.29, 1.82) is 0 Å². The molecule has 0 saturated carbocycles. The Kier molecular flexibility index (Phi) is 6.44. The zero-order chi connectivity index (χ0) is 13.4. The summed E-state index contributed by atoms with van der Waals surface area (Å²) in [6.45, 7) is 5.47. The van der Waals surface area contributed by atoms with Crippen LogP contribution >= 0.6 is 0 Å². The summed E-state index contributed by atoms with van der Waals surface area (Å²) in [4.78, 5) is 14.1. The predicted octanol–water partition coefficient (Wildman–Crippen LogP) is 2.60. The van der Waals surface area contributed by atoms with Crippen LogP contribution in [0.4, 0.5) is 0 Å². The van der Waals surface area contributed by atoms with Gasteiger partial charge in [-0.2, -0.15) is 0 Å². The number of benzene rings is 1. The first kappa shape index (κ1) is 14.7. The van der Waals surface area contributed by atoms with E-state index in [0.717, 1.165) is 19.4 Å². The number of carbonyl (C=O) groups is 1. The number of rotatable bonds is 7. The van der Waals surface area contributed by atoms with Gasteiger partial charge in [-0.1, -0.05) is 43.7 Å². The van der Waals surface area contributed by atoms with E-state index < -0.39 is 0 Å². The van der Waals surface area contributed by atoms with E-state index in [2.05, 4.69) is 31.3 Å². The van der Waals surface area contributed by atoms with Crippen LogP contribution in [-0.2, 0) is 4.79 Å². The zero-order valence-corrected chi connectivity index (χ0v) is 11.6. The van der Waals surface area contributed by atoms with Crippen LogP contribution in [0.15, 0.2) is 30.3 Å². The maximum absolute atomic E-state index is 12.1. The number of unbranched alkanes of at least 4 members (excludes halogenated alkanes) is 1. The van der Waals surface area contributed by atoms with Crippen molar-refractivity contribution < 1.29 is 4.79 Å². The Balaban J connectivity index is 2.78. The molecule has 0 bridgehead atoms. The molecular weight excluding hydrogens is 224 g/mol. The average molecular weight is 248 g/mol. The zero-order valence-electron chi connectivity index (χ0n) is 11.6. The standard InChI is InChI=1S/C15H24N2O/c1-4-5-11-17(15(18)12-16-3)13(2)14-9-7-6-8-10-14/h6-10,13,16H,4-5,11-12H2,1-3H3. The highest BCUT2D eigenvalue weighted by Gasteiger charge is 2.19. The van der Waals surface area contributed by atoms with Crippen molar-refractivity contribution in [3.63, 3.8) is 0 Å². The summed E-state index contributed by atoms with van der Waals surface area (Å²) in [5.41, 5.74) is 1.19. The van der Waals surface area contributed by atoms with E-state index >= 15 is 0 Å². The van der Waals surface area contributed by atoms with Crippen molar-refractivity contribution in [3.05, 3.63) is 35.9 Å². The molecule has 0 aliphatic rings. The van der Waals surface area contributed by atoms with E-state index in [4.69, 9.17) is 0 Å². The van der Waals surface area contributed by atoms with Gasteiger partial charge in [0, 0.05) is 6.54 Å². The number of carbonyl (C=O) groups excluding carboxylic acids is 1. The SMILES string of the molecule is CCCCN(C(=O)CNC)C(C)c1ccccc1. The van der Waals surface area contributed by atoms with Gasteiger partial charge < -0.3 is 10.2 Å². The molecule has 1 unspecified atom stereocenters. The van der Waals surface area contributed by atoms with E-state index in [1.54, 1.807) is 0 Å². The summed E-state index contributed by atoms with van der Waals surface area (Å²) in [6.07, 6.45) is 2.15. The van der Waals surface area contributed by atoms with Crippen LogP contribution in [0.2, 0.25) is 0 Å². The van der Waals surface area contributed by atoms with Gasteiger partial charge in [-0.25, -0.2) is 0 Å². The minimum absolute atomic E-state index is 0.138. The molecule has 0 heterocycles. The monoisotopic (exact) mass is 248 g/mol. The minimum atomic E-state index is 0.138. The molecule has 0 fully saturated rings. The summed E-state index contributed by atoms with van der Waals surface area (Å²) in [5.74, 6) is 0.169. The van der Waals surface area contributed by atoms with Crippen LogP contribution in [0.1, 0.15) is 38.3 Å². The van der Waals surface area contributed by atoms with Gasteiger partial charge in [-0.15, -0.1) is 0 Å². The molecular formula is C15H24N2O. The van der Waals surface area contributed by atoms with Crippen LogP contribution in [0, 0.1) is 0 Å². The summed E-state index contributed by atoms with van der Waals surface area (Å²) >= 11 is 0. The Bertz CT molecular complexity index is 351. The van der Waals surface area contributed by atoms with Crippen LogP contribution in [-0.4, -0.2) is 30.9 Å². The van der Waals surface area contributed by atoms with Gasteiger partial charge in [0.05, 0.1) is 12.6 Å². The number of nitrogens with one attached hydrogen (secondary N) is 1. The van der Waals surface area contributed by atoms with Crippen LogP contribution in [0.3, 0.4) is 0 Å². The van der Waals surface area contributed by atoms with Crippen LogP contribution in [0.5, 0.6) is 0 Å². The second kappa shape index (κ2) is 7.88. The second-order valence-corrected chi connectivity index (χ2v) is 4.56. The highest BCUT2D eigenvalue weighted by molar-refractivity contribution is 5.78. The smallest absolute Gasteiger partial charge is 0.237 e. The molecule has 1 aromatic carbocycles. The van der Waals surface area contributed by atoms with Crippen LogP contribution in [0.25, 0.3) is 0 Å². The van der Waals surface area contributed by atoms with Gasteiger partial charge in [0.2, 0.25) is 5.91 Å². The summed E-state index contributed by atoms with van der Waals surface area (Å²) in [7, 11) is 1.81. The Hall–Kier alpha value is -1.35. The molecule has 0 aromatic heterocycles. The topological polar surface area (TPSA) is 32.3 Å². The third-order valence-electron chi connectivity index (χ3n) is 3.15. The van der Waals surface area contributed by atoms with E-state index in [1.807, 2.05) is 30.1 Å². The van der Waals surface area contributed by atoms with E-state index in [0.29, 0.717) is 6.54 Å². The predicted molar refractivity (Wildman–Crippen MR) is 75.4 cm³/mol. The van der Waals surface area contributed by atoms with E-state index in [-0.39, 0.29) is 11.9 Å². The number of hydrogen-bond acceptors (Lipinski definition) is 2. The first-order valence-electron chi connectivity index (χ1n) is 6.69. The number of likely N-dealkylation sites (N-methyl/N-ethyl adjacent to an activating group) is 1. The lowest BCUT2D eigenvalue weighted by molar-refractivity contribution is -0.132. The van der Waals surface area contributed by atoms with E-state index in [1.165, 1.54) is 5.56 Å². The van der Waals surface area contributed by atoms with Crippen LogP contribution < -0.4 is 5.32 Å². The molecule has 1 rings (SSSR count). The molecule has 0 radical (unpaired) electrons. The van der Waals surface area contributed by atoms with Crippen molar-refractivity contribution in [1.82, 2.24) is 10.2 Å². The average Bonchev–Trinajstić information content (AvgIpc) is 2.40. The van der Waals surface area contributed by atoms with Gasteiger partial charge in [-0.3, -0.25) is 4.79 Å². The summed E-state index contributed by atoms with van der Waals surface area (Å²) in [5, 5.41) is 2.94. The van der Waals surface area contributed by atoms with Gasteiger partial charge in [0.15, 0.2) is 0 Å². The van der Waals surface area contributed by atoms with Crippen molar-refractivity contribution in [2.75, 3.05) is 20.1 Å². The Morgan fingerprint density at radius 3 is 2.56 bits per heavy atom. The highest BCUT2D eigenvalue weighted by Crippen LogP contribution is 2.20. The molecule has 3 heteroatoms. The maximum Gasteiger partial charge on any atom is 0.237 e. The molecule has 18 heavy (non-hydrogen) atoms. The van der Waals surface area contributed by atoms with Crippen molar-refractivity contribution in [3.8, 4) is 0 Å². The van der Waals surface area contributed by atoms with Gasteiger partial charge in [0.25, 0.3) is 0 Å².